The van der Waals surface area contributed by atoms with Crippen molar-refractivity contribution < 1.29 is 9.84 Å². The average molecular weight is 182 g/mol. The molecule has 0 radical (unpaired) electrons. The minimum Gasteiger partial charge on any atom is -0.506 e. The Morgan fingerprint density at radius 3 is 3.15 bits per heavy atom. The van der Waals surface area contributed by atoms with Gasteiger partial charge in [-0.25, -0.2) is 4.68 Å². The van der Waals surface area contributed by atoms with Crippen molar-refractivity contribution in [1.29, 1.82) is 0 Å². The normalized spacial score (nSPS) is 22.0. The molecule has 1 N–H and O–H groups in total. The van der Waals surface area contributed by atoms with E-state index in [1.165, 1.54) is 10.9 Å². The first-order valence-electron chi connectivity index (χ1n) is 4.17. The van der Waals surface area contributed by atoms with Gasteiger partial charge >= 0.3 is 0 Å². The molecule has 0 spiro atoms. The van der Waals surface area contributed by atoms with Crippen molar-refractivity contribution in [3.05, 3.63) is 22.6 Å². The maximum Gasteiger partial charge on any atom is 0.272 e. The number of hydrogen-bond donors (Lipinski definition) is 1. The van der Waals surface area contributed by atoms with E-state index in [2.05, 4.69) is 5.10 Å². The molecule has 1 aromatic heterocycles. The Bertz CT molecular complexity index is 355. The molecule has 13 heavy (non-hydrogen) atoms. The summed E-state index contributed by atoms with van der Waals surface area (Å²) in [6, 6.07) is 1.13. The van der Waals surface area contributed by atoms with Crippen molar-refractivity contribution in [2.45, 2.75) is 19.1 Å². The number of nitrogens with zero attached hydrogens (tertiary/aromatic N) is 2. The Kier molecular flexibility index (Phi) is 2.02. The molecule has 2 rings (SSSR count). The summed E-state index contributed by atoms with van der Waals surface area (Å²) in [5.41, 5.74) is -0.327. The largest absolute Gasteiger partial charge is 0.506 e. The van der Waals surface area contributed by atoms with E-state index in [4.69, 9.17) is 9.84 Å². The second-order valence-electron chi connectivity index (χ2n) is 2.96. The summed E-state index contributed by atoms with van der Waals surface area (Å²) in [7, 11) is 0. The molecule has 0 saturated carbocycles. The van der Waals surface area contributed by atoms with Crippen LogP contribution in [0.1, 0.15) is 19.1 Å². The maximum atomic E-state index is 11.3. The third kappa shape index (κ3) is 1.55. The van der Waals surface area contributed by atoms with Gasteiger partial charge in [0.2, 0.25) is 0 Å². The van der Waals surface area contributed by atoms with Crippen molar-refractivity contribution in [3.63, 3.8) is 0 Å². The van der Waals surface area contributed by atoms with E-state index in [1.54, 1.807) is 0 Å². The fourth-order valence-electron chi connectivity index (χ4n) is 1.38. The molecule has 1 aromatic rings. The van der Waals surface area contributed by atoms with E-state index in [0.29, 0.717) is 6.61 Å². The lowest BCUT2D eigenvalue weighted by Crippen LogP contribution is -2.25. The van der Waals surface area contributed by atoms with E-state index in [-0.39, 0.29) is 17.5 Å². The molecule has 0 aromatic carbocycles. The Balaban J connectivity index is 2.34. The first-order valence-corrected chi connectivity index (χ1v) is 4.17. The minimum atomic E-state index is -0.327. The lowest BCUT2D eigenvalue weighted by molar-refractivity contribution is 0.0424. The SMILES string of the molecule is O=c1cc(O)cnn1[C@H]1CCCO1. The lowest BCUT2D eigenvalue weighted by Gasteiger charge is -2.10. The number of aromatic hydroxyl groups is 1. The highest BCUT2D eigenvalue weighted by Gasteiger charge is 2.19. The number of aromatic nitrogens is 2. The number of rotatable bonds is 1. The zero-order valence-electron chi connectivity index (χ0n) is 7.01. The molecule has 5 heteroatoms. The Morgan fingerprint density at radius 1 is 1.69 bits per heavy atom. The zero-order valence-corrected chi connectivity index (χ0v) is 7.01. The highest BCUT2D eigenvalue weighted by Crippen LogP contribution is 2.20. The molecule has 1 fully saturated rings. The molecule has 1 saturated heterocycles. The molecular weight excluding hydrogens is 172 g/mol. The topological polar surface area (TPSA) is 64.3 Å². The molecule has 0 bridgehead atoms. The third-order valence-corrected chi connectivity index (χ3v) is 1.99. The van der Waals surface area contributed by atoms with E-state index in [1.807, 2.05) is 0 Å². The first-order chi connectivity index (χ1) is 6.27. The third-order valence-electron chi connectivity index (χ3n) is 1.99. The highest BCUT2D eigenvalue weighted by molar-refractivity contribution is 5.10. The summed E-state index contributed by atoms with van der Waals surface area (Å²) >= 11 is 0. The van der Waals surface area contributed by atoms with Crippen molar-refractivity contribution >= 4 is 0 Å². The van der Waals surface area contributed by atoms with E-state index in [0.717, 1.165) is 18.9 Å². The van der Waals surface area contributed by atoms with Crippen LogP contribution in [0.2, 0.25) is 0 Å². The van der Waals surface area contributed by atoms with Gasteiger partial charge in [-0.2, -0.15) is 5.10 Å². The van der Waals surface area contributed by atoms with Crippen molar-refractivity contribution in [2.24, 2.45) is 0 Å². The molecule has 2 heterocycles. The second-order valence-corrected chi connectivity index (χ2v) is 2.96. The van der Waals surface area contributed by atoms with Crippen LogP contribution in [0.15, 0.2) is 17.1 Å². The van der Waals surface area contributed by atoms with Crippen molar-refractivity contribution in [3.8, 4) is 5.75 Å². The highest BCUT2D eigenvalue weighted by atomic mass is 16.5. The van der Waals surface area contributed by atoms with Crippen LogP contribution >= 0.6 is 0 Å². The minimum absolute atomic E-state index is 0.112. The van der Waals surface area contributed by atoms with Gasteiger partial charge in [0, 0.05) is 12.7 Å². The van der Waals surface area contributed by atoms with Gasteiger partial charge in [-0.1, -0.05) is 0 Å². The van der Waals surface area contributed by atoms with Gasteiger partial charge in [0.05, 0.1) is 6.20 Å². The van der Waals surface area contributed by atoms with Crippen LogP contribution in [0.5, 0.6) is 5.75 Å². The Morgan fingerprint density at radius 2 is 2.54 bits per heavy atom. The summed E-state index contributed by atoms with van der Waals surface area (Å²) < 4.78 is 6.54. The van der Waals surface area contributed by atoms with Crippen LogP contribution in [-0.4, -0.2) is 21.5 Å². The lowest BCUT2D eigenvalue weighted by atomic mass is 10.3. The predicted octanol–water partition coefficient (Wildman–Crippen LogP) is 0.258. The van der Waals surface area contributed by atoms with Crippen LogP contribution in [0, 0.1) is 0 Å². The van der Waals surface area contributed by atoms with Gasteiger partial charge < -0.3 is 9.84 Å². The Hall–Kier alpha value is -1.36. The summed E-state index contributed by atoms with van der Waals surface area (Å²) in [6.45, 7) is 0.666. The summed E-state index contributed by atoms with van der Waals surface area (Å²) in [6.07, 6.45) is 2.73. The van der Waals surface area contributed by atoms with E-state index in [9.17, 15) is 4.79 Å². The fourth-order valence-corrected chi connectivity index (χ4v) is 1.38. The standard InChI is InChI=1S/C8H10N2O3/c11-6-4-7(12)10(9-5-6)8-2-1-3-13-8/h4-5,8,11H,1-3H2/t8-/m1/s1. The number of ether oxygens (including phenoxy) is 1. The van der Waals surface area contributed by atoms with Crippen LogP contribution in [0.25, 0.3) is 0 Å². The van der Waals surface area contributed by atoms with Gasteiger partial charge in [-0.3, -0.25) is 4.79 Å². The zero-order chi connectivity index (χ0) is 9.26. The molecule has 1 aliphatic heterocycles. The predicted molar refractivity (Wildman–Crippen MR) is 44.4 cm³/mol. The van der Waals surface area contributed by atoms with Crippen LogP contribution in [0.3, 0.4) is 0 Å². The quantitative estimate of drug-likeness (QED) is 0.676. The van der Waals surface area contributed by atoms with Crippen molar-refractivity contribution in [1.82, 2.24) is 9.78 Å². The van der Waals surface area contributed by atoms with Crippen LogP contribution in [-0.2, 0) is 4.74 Å². The summed E-state index contributed by atoms with van der Waals surface area (Å²) in [5.74, 6) is -0.112. The van der Waals surface area contributed by atoms with Gasteiger partial charge in [0.25, 0.3) is 5.56 Å². The van der Waals surface area contributed by atoms with Crippen LogP contribution in [0.4, 0.5) is 0 Å². The fraction of sp³-hybridized carbons (Fsp3) is 0.500. The van der Waals surface area contributed by atoms with Gasteiger partial charge in [0.15, 0.2) is 6.23 Å². The molecule has 5 nitrogen and oxygen atoms in total. The van der Waals surface area contributed by atoms with Gasteiger partial charge in [-0.15, -0.1) is 0 Å². The molecule has 1 atom stereocenters. The van der Waals surface area contributed by atoms with E-state index < -0.39 is 0 Å². The van der Waals surface area contributed by atoms with Gasteiger partial charge in [-0.05, 0) is 12.8 Å². The first kappa shape index (κ1) is 8.25. The smallest absolute Gasteiger partial charge is 0.272 e. The molecule has 1 aliphatic rings. The average Bonchev–Trinajstić information content (AvgIpc) is 2.56. The maximum absolute atomic E-state index is 11.3. The molecular formula is C8H10N2O3. The van der Waals surface area contributed by atoms with E-state index >= 15 is 0 Å². The summed E-state index contributed by atoms with van der Waals surface area (Å²) in [5, 5.41) is 12.8. The Labute approximate surface area is 74.6 Å². The van der Waals surface area contributed by atoms with Crippen molar-refractivity contribution in [2.75, 3.05) is 6.61 Å². The monoisotopic (exact) mass is 182 g/mol. The number of hydrogen-bond acceptors (Lipinski definition) is 4. The van der Waals surface area contributed by atoms with Gasteiger partial charge in [0.1, 0.15) is 5.75 Å². The molecule has 70 valence electrons. The molecule has 0 unspecified atom stereocenters. The molecule has 0 aliphatic carbocycles. The second kappa shape index (κ2) is 3.18. The molecule has 0 amide bonds. The van der Waals surface area contributed by atoms with Crippen LogP contribution < -0.4 is 5.56 Å². The summed E-state index contributed by atoms with van der Waals surface area (Å²) in [4.78, 5) is 11.3.